The fraction of sp³-hybridized carbons (Fsp3) is 0.105. The third-order valence-electron chi connectivity index (χ3n) is 3.74. The van der Waals surface area contributed by atoms with E-state index in [1.165, 1.54) is 7.11 Å². The van der Waals surface area contributed by atoms with Crippen molar-refractivity contribution in [1.29, 1.82) is 5.26 Å². The van der Waals surface area contributed by atoms with Gasteiger partial charge in [0.2, 0.25) is 0 Å². The SMILES string of the molecule is COc1cc(-c2[nH]c(=S)[nH]c(=O)c2C#N)ccc1OCc1ccccc1. The van der Waals surface area contributed by atoms with Gasteiger partial charge in [0.25, 0.3) is 5.56 Å². The first kappa shape index (κ1) is 17.5. The molecule has 0 amide bonds. The lowest BCUT2D eigenvalue weighted by atomic mass is 10.1. The van der Waals surface area contributed by atoms with Gasteiger partial charge >= 0.3 is 0 Å². The van der Waals surface area contributed by atoms with Crippen molar-refractivity contribution in [3.63, 3.8) is 0 Å². The van der Waals surface area contributed by atoms with Crippen LogP contribution in [0.15, 0.2) is 53.3 Å². The van der Waals surface area contributed by atoms with Crippen LogP contribution in [0.2, 0.25) is 0 Å². The van der Waals surface area contributed by atoms with Crippen LogP contribution in [0.1, 0.15) is 11.1 Å². The summed E-state index contributed by atoms with van der Waals surface area (Å²) < 4.78 is 11.4. The summed E-state index contributed by atoms with van der Waals surface area (Å²) in [6.45, 7) is 0.396. The van der Waals surface area contributed by atoms with Crippen molar-refractivity contribution < 1.29 is 9.47 Å². The molecule has 7 heteroatoms. The van der Waals surface area contributed by atoms with Crippen LogP contribution in [0.5, 0.6) is 11.5 Å². The van der Waals surface area contributed by atoms with Gasteiger partial charge in [-0.05, 0) is 36.0 Å². The summed E-state index contributed by atoms with van der Waals surface area (Å²) in [5.74, 6) is 1.05. The zero-order chi connectivity index (χ0) is 18.5. The summed E-state index contributed by atoms with van der Waals surface area (Å²) in [7, 11) is 1.53. The third kappa shape index (κ3) is 3.66. The average molecular weight is 365 g/mol. The summed E-state index contributed by atoms with van der Waals surface area (Å²) in [6.07, 6.45) is 0. The van der Waals surface area contributed by atoms with Gasteiger partial charge in [-0.3, -0.25) is 9.78 Å². The van der Waals surface area contributed by atoms with Gasteiger partial charge in [-0.2, -0.15) is 5.26 Å². The van der Waals surface area contributed by atoms with Crippen molar-refractivity contribution >= 4 is 12.2 Å². The maximum atomic E-state index is 11.9. The predicted octanol–water partition coefficient (Wildman–Crippen LogP) is 3.56. The molecule has 3 aromatic rings. The van der Waals surface area contributed by atoms with Gasteiger partial charge in [0.1, 0.15) is 18.2 Å². The van der Waals surface area contributed by atoms with Crippen LogP contribution in [0.3, 0.4) is 0 Å². The number of nitriles is 1. The Balaban J connectivity index is 1.96. The molecular weight excluding hydrogens is 350 g/mol. The van der Waals surface area contributed by atoms with Crippen LogP contribution in [0, 0.1) is 16.1 Å². The van der Waals surface area contributed by atoms with Crippen molar-refractivity contribution in [3.8, 4) is 28.8 Å². The van der Waals surface area contributed by atoms with E-state index in [1.807, 2.05) is 36.4 Å². The predicted molar refractivity (Wildman–Crippen MR) is 99.7 cm³/mol. The second kappa shape index (κ2) is 7.68. The number of aromatic nitrogens is 2. The van der Waals surface area contributed by atoms with Gasteiger partial charge in [0.15, 0.2) is 16.3 Å². The van der Waals surface area contributed by atoms with E-state index >= 15 is 0 Å². The minimum absolute atomic E-state index is 0.0430. The molecule has 1 heterocycles. The number of aromatic amines is 2. The third-order valence-corrected chi connectivity index (χ3v) is 3.95. The molecule has 2 N–H and O–H groups in total. The molecule has 0 fully saturated rings. The number of rotatable bonds is 5. The van der Waals surface area contributed by atoms with E-state index in [1.54, 1.807) is 18.2 Å². The molecule has 0 saturated carbocycles. The van der Waals surface area contributed by atoms with E-state index in [0.29, 0.717) is 29.4 Å². The van der Waals surface area contributed by atoms with Crippen LogP contribution in [-0.4, -0.2) is 17.1 Å². The van der Waals surface area contributed by atoms with Gasteiger partial charge in [-0.15, -0.1) is 0 Å². The lowest BCUT2D eigenvalue weighted by Gasteiger charge is -2.13. The molecule has 1 aromatic heterocycles. The van der Waals surface area contributed by atoms with E-state index in [4.69, 9.17) is 21.7 Å². The molecule has 0 atom stereocenters. The van der Waals surface area contributed by atoms with Crippen molar-refractivity contribution in [1.82, 2.24) is 9.97 Å². The van der Waals surface area contributed by atoms with E-state index in [0.717, 1.165) is 5.56 Å². The highest BCUT2D eigenvalue weighted by Gasteiger charge is 2.13. The first-order valence-corrected chi connectivity index (χ1v) is 8.15. The summed E-state index contributed by atoms with van der Waals surface area (Å²) in [5, 5.41) is 9.26. The summed E-state index contributed by atoms with van der Waals surface area (Å²) >= 11 is 5.00. The Morgan fingerprint density at radius 1 is 1.12 bits per heavy atom. The zero-order valence-corrected chi connectivity index (χ0v) is 14.7. The van der Waals surface area contributed by atoms with Crippen molar-refractivity contribution in [2.45, 2.75) is 6.61 Å². The molecule has 0 aliphatic heterocycles. The average Bonchev–Trinajstić information content (AvgIpc) is 2.66. The van der Waals surface area contributed by atoms with Gasteiger partial charge in [0.05, 0.1) is 12.8 Å². The van der Waals surface area contributed by atoms with Gasteiger partial charge in [0, 0.05) is 5.56 Å². The number of nitrogens with zero attached hydrogens (tertiary/aromatic N) is 1. The van der Waals surface area contributed by atoms with E-state index in [2.05, 4.69) is 9.97 Å². The van der Waals surface area contributed by atoms with Crippen LogP contribution in [-0.2, 0) is 6.61 Å². The number of methoxy groups -OCH3 is 1. The molecule has 0 radical (unpaired) electrons. The molecule has 0 aliphatic rings. The number of hydrogen-bond donors (Lipinski definition) is 2. The molecule has 6 nitrogen and oxygen atoms in total. The molecule has 3 rings (SSSR count). The number of H-pyrrole nitrogens is 2. The highest BCUT2D eigenvalue weighted by Crippen LogP contribution is 2.32. The van der Waals surface area contributed by atoms with Crippen LogP contribution >= 0.6 is 12.2 Å². The Morgan fingerprint density at radius 3 is 2.58 bits per heavy atom. The minimum Gasteiger partial charge on any atom is -0.493 e. The summed E-state index contributed by atoms with van der Waals surface area (Å²) in [4.78, 5) is 17.2. The molecule has 0 bridgehead atoms. The largest absolute Gasteiger partial charge is 0.493 e. The van der Waals surface area contributed by atoms with Gasteiger partial charge in [-0.25, -0.2) is 0 Å². The number of ether oxygens (including phenoxy) is 2. The molecule has 0 saturated heterocycles. The highest BCUT2D eigenvalue weighted by atomic mass is 32.1. The minimum atomic E-state index is -0.533. The smallest absolute Gasteiger partial charge is 0.270 e. The Morgan fingerprint density at radius 2 is 1.88 bits per heavy atom. The molecule has 0 aliphatic carbocycles. The topological polar surface area (TPSA) is 90.9 Å². The van der Waals surface area contributed by atoms with Crippen LogP contribution < -0.4 is 15.0 Å². The molecule has 26 heavy (non-hydrogen) atoms. The van der Waals surface area contributed by atoms with E-state index in [-0.39, 0.29) is 10.3 Å². The molecule has 2 aromatic carbocycles. The number of hydrogen-bond acceptors (Lipinski definition) is 5. The monoisotopic (exact) mass is 365 g/mol. The molecular formula is C19H15N3O3S. The van der Waals surface area contributed by atoms with E-state index < -0.39 is 5.56 Å². The van der Waals surface area contributed by atoms with E-state index in [9.17, 15) is 10.1 Å². The maximum Gasteiger partial charge on any atom is 0.270 e. The Kier molecular flexibility index (Phi) is 5.15. The first-order chi connectivity index (χ1) is 12.6. The maximum absolute atomic E-state index is 11.9. The highest BCUT2D eigenvalue weighted by molar-refractivity contribution is 7.71. The quantitative estimate of drug-likeness (QED) is 0.675. The fourth-order valence-electron chi connectivity index (χ4n) is 2.49. The fourth-order valence-corrected chi connectivity index (χ4v) is 2.68. The molecule has 130 valence electrons. The lowest BCUT2D eigenvalue weighted by Crippen LogP contribution is -2.13. The van der Waals surface area contributed by atoms with Gasteiger partial charge < -0.3 is 14.5 Å². The van der Waals surface area contributed by atoms with Crippen molar-refractivity contribution in [2.75, 3.05) is 7.11 Å². The Bertz CT molecular complexity index is 1080. The summed E-state index contributed by atoms with van der Waals surface area (Å²) in [5.41, 5.74) is 1.40. The van der Waals surface area contributed by atoms with Crippen molar-refractivity contribution in [2.24, 2.45) is 0 Å². The molecule has 0 unspecified atom stereocenters. The van der Waals surface area contributed by atoms with Gasteiger partial charge in [-0.1, -0.05) is 30.3 Å². The van der Waals surface area contributed by atoms with Crippen LogP contribution in [0.25, 0.3) is 11.3 Å². The van der Waals surface area contributed by atoms with Crippen LogP contribution in [0.4, 0.5) is 0 Å². The second-order valence-corrected chi connectivity index (χ2v) is 5.82. The normalized spacial score (nSPS) is 10.2. The lowest BCUT2D eigenvalue weighted by molar-refractivity contribution is 0.284. The Labute approximate surface area is 154 Å². The second-order valence-electron chi connectivity index (χ2n) is 5.41. The zero-order valence-electron chi connectivity index (χ0n) is 13.9. The first-order valence-electron chi connectivity index (χ1n) is 7.74. The number of benzene rings is 2. The van der Waals surface area contributed by atoms with Crippen molar-refractivity contribution in [3.05, 3.63) is 74.8 Å². The summed E-state index contributed by atoms with van der Waals surface area (Å²) in [6, 6.07) is 16.8. The number of nitrogens with one attached hydrogen (secondary N) is 2. The Hall–Kier alpha value is -3.37. The standard InChI is InChI=1S/C19H15N3O3S/c1-24-16-9-13(17-14(10-20)18(23)22-19(26)21-17)7-8-15(16)25-11-12-5-3-2-4-6-12/h2-9H,11H2,1H3,(H2,21,22,23,26). The molecule has 0 spiro atoms.